The van der Waals surface area contributed by atoms with Crippen molar-refractivity contribution in [3.8, 4) is 0 Å². The lowest BCUT2D eigenvalue weighted by Gasteiger charge is -2.48. The molecule has 0 aliphatic heterocycles. The van der Waals surface area contributed by atoms with Gasteiger partial charge in [-0.05, 0) is 48.3 Å². The van der Waals surface area contributed by atoms with Gasteiger partial charge in [-0.1, -0.05) is 57.9 Å². The van der Waals surface area contributed by atoms with Crippen molar-refractivity contribution >= 4 is 5.91 Å². The maximum Gasteiger partial charge on any atom is 0.228 e. The van der Waals surface area contributed by atoms with E-state index in [1.807, 2.05) is 6.08 Å². The summed E-state index contributed by atoms with van der Waals surface area (Å²) in [5.41, 5.74) is 6.19. The van der Waals surface area contributed by atoms with Crippen LogP contribution in [0.5, 0.6) is 0 Å². The number of carbonyl (C=O) groups is 1. The first-order valence-electron chi connectivity index (χ1n) is 8.54. The van der Waals surface area contributed by atoms with Crippen molar-refractivity contribution in [2.75, 3.05) is 0 Å². The molecule has 0 heterocycles. The van der Waals surface area contributed by atoms with E-state index in [9.17, 15) is 9.18 Å². The largest absolute Gasteiger partial charge is 0.369 e. The molecule has 1 amide bonds. The van der Waals surface area contributed by atoms with E-state index in [0.717, 1.165) is 31.2 Å². The number of rotatable bonds is 6. The Morgan fingerprint density at radius 2 is 1.96 bits per heavy atom. The second-order valence-corrected chi connectivity index (χ2v) is 7.50. The molecule has 0 spiro atoms. The Morgan fingerprint density at radius 3 is 2.52 bits per heavy atom. The molecule has 0 saturated heterocycles. The van der Waals surface area contributed by atoms with E-state index < -0.39 is 5.41 Å². The van der Waals surface area contributed by atoms with E-state index in [1.54, 1.807) is 12.1 Å². The Bertz CT molecular complexity index is 576. The zero-order chi connectivity index (χ0) is 17.1. The molecule has 2 atom stereocenters. The van der Waals surface area contributed by atoms with Crippen LogP contribution in [0.15, 0.2) is 36.4 Å². The normalized spacial score (nSPS) is 26.2. The molecule has 2 rings (SSSR count). The first-order chi connectivity index (χ1) is 10.8. The summed E-state index contributed by atoms with van der Waals surface area (Å²) in [6.07, 6.45) is 8.78. The lowest BCUT2D eigenvalue weighted by molar-refractivity contribution is -0.131. The van der Waals surface area contributed by atoms with Crippen LogP contribution in [0, 0.1) is 22.6 Å². The Labute approximate surface area is 139 Å². The Hall–Kier alpha value is -1.64. The van der Waals surface area contributed by atoms with Crippen molar-refractivity contribution in [1.82, 2.24) is 0 Å². The molecule has 2 unspecified atom stereocenters. The van der Waals surface area contributed by atoms with Gasteiger partial charge in [0.1, 0.15) is 5.82 Å². The van der Waals surface area contributed by atoms with E-state index in [1.165, 1.54) is 12.1 Å². The summed E-state index contributed by atoms with van der Waals surface area (Å²) in [5, 5.41) is 0. The van der Waals surface area contributed by atoms with Crippen LogP contribution >= 0.6 is 0 Å². The standard InChI is InChI=1S/C20H28FNO/c1-4-5-7-17-19(2,3)12-6-13-20(17,18(22)23)14-15-8-10-16(21)11-9-15/h6,8-11,13,17H,4-5,7,12,14H2,1-3H3,(H2,22,23). The summed E-state index contributed by atoms with van der Waals surface area (Å²) < 4.78 is 13.2. The molecule has 126 valence electrons. The number of benzene rings is 1. The summed E-state index contributed by atoms with van der Waals surface area (Å²) in [7, 11) is 0. The van der Waals surface area contributed by atoms with Crippen LogP contribution in [-0.4, -0.2) is 5.91 Å². The minimum Gasteiger partial charge on any atom is -0.369 e. The van der Waals surface area contributed by atoms with Gasteiger partial charge in [0.05, 0.1) is 5.41 Å². The van der Waals surface area contributed by atoms with Crippen molar-refractivity contribution < 1.29 is 9.18 Å². The van der Waals surface area contributed by atoms with Crippen molar-refractivity contribution in [2.45, 2.75) is 52.9 Å². The van der Waals surface area contributed by atoms with Gasteiger partial charge in [0.25, 0.3) is 0 Å². The smallest absolute Gasteiger partial charge is 0.228 e. The summed E-state index contributed by atoms with van der Waals surface area (Å²) in [4.78, 5) is 12.5. The van der Waals surface area contributed by atoms with Crippen molar-refractivity contribution in [2.24, 2.45) is 22.5 Å². The number of amides is 1. The van der Waals surface area contributed by atoms with E-state index in [0.29, 0.717) is 6.42 Å². The van der Waals surface area contributed by atoms with Gasteiger partial charge in [-0.3, -0.25) is 4.79 Å². The van der Waals surface area contributed by atoms with Gasteiger partial charge in [0.2, 0.25) is 5.91 Å². The molecule has 0 saturated carbocycles. The highest BCUT2D eigenvalue weighted by Gasteiger charge is 2.50. The average Bonchev–Trinajstić information content (AvgIpc) is 2.48. The molecule has 2 nitrogen and oxygen atoms in total. The van der Waals surface area contributed by atoms with Crippen molar-refractivity contribution in [3.05, 3.63) is 47.8 Å². The second kappa shape index (κ2) is 6.86. The van der Waals surface area contributed by atoms with Crippen LogP contribution in [-0.2, 0) is 11.2 Å². The fraction of sp³-hybridized carbons (Fsp3) is 0.550. The summed E-state index contributed by atoms with van der Waals surface area (Å²) >= 11 is 0. The third kappa shape index (κ3) is 3.65. The predicted molar refractivity (Wildman–Crippen MR) is 92.3 cm³/mol. The van der Waals surface area contributed by atoms with Crippen LogP contribution in [0.1, 0.15) is 52.0 Å². The van der Waals surface area contributed by atoms with Gasteiger partial charge in [0, 0.05) is 0 Å². The first kappa shape index (κ1) is 17.7. The first-order valence-corrected chi connectivity index (χ1v) is 8.54. The number of unbranched alkanes of at least 4 members (excludes halogenated alkanes) is 1. The highest BCUT2D eigenvalue weighted by atomic mass is 19.1. The number of hydrogen-bond donors (Lipinski definition) is 1. The van der Waals surface area contributed by atoms with Gasteiger partial charge in [-0.15, -0.1) is 0 Å². The number of nitrogens with two attached hydrogens (primary N) is 1. The summed E-state index contributed by atoms with van der Waals surface area (Å²) in [6, 6.07) is 6.41. The molecule has 0 fully saturated rings. The van der Waals surface area contributed by atoms with Crippen molar-refractivity contribution in [1.29, 1.82) is 0 Å². The van der Waals surface area contributed by atoms with Crippen LogP contribution in [0.3, 0.4) is 0 Å². The van der Waals surface area contributed by atoms with Gasteiger partial charge in [0.15, 0.2) is 0 Å². The van der Waals surface area contributed by atoms with Gasteiger partial charge in [-0.25, -0.2) is 4.39 Å². The Morgan fingerprint density at radius 1 is 1.30 bits per heavy atom. The maximum atomic E-state index is 13.2. The quantitative estimate of drug-likeness (QED) is 0.764. The molecule has 0 bridgehead atoms. The highest BCUT2D eigenvalue weighted by Crippen LogP contribution is 2.51. The number of halogens is 1. The van der Waals surface area contributed by atoms with Gasteiger partial charge < -0.3 is 5.73 Å². The van der Waals surface area contributed by atoms with Crippen LogP contribution < -0.4 is 5.73 Å². The predicted octanol–water partition coefficient (Wildman–Crippen LogP) is 4.63. The zero-order valence-corrected chi connectivity index (χ0v) is 14.4. The van der Waals surface area contributed by atoms with E-state index in [-0.39, 0.29) is 23.1 Å². The molecular weight excluding hydrogens is 289 g/mol. The SMILES string of the molecule is CCCCC1C(C)(C)CC=CC1(Cc1ccc(F)cc1)C(N)=O. The molecule has 0 radical (unpaired) electrons. The monoisotopic (exact) mass is 317 g/mol. The molecule has 1 aromatic carbocycles. The van der Waals surface area contributed by atoms with E-state index in [2.05, 4.69) is 26.8 Å². The maximum absolute atomic E-state index is 13.2. The summed E-state index contributed by atoms with van der Waals surface area (Å²) in [5.74, 6) is -0.335. The fourth-order valence-corrected chi connectivity index (χ4v) is 4.05. The van der Waals surface area contributed by atoms with Crippen LogP contribution in [0.2, 0.25) is 0 Å². The molecular formula is C20H28FNO. The molecule has 1 aromatic rings. The second-order valence-electron chi connectivity index (χ2n) is 7.50. The van der Waals surface area contributed by atoms with Crippen molar-refractivity contribution in [3.63, 3.8) is 0 Å². The molecule has 0 aromatic heterocycles. The molecule has 2 N–H and O–H groups in total. The molecule has 1 aliphatic carbocycles. The molecule has 3 heteroatoms. The van der Waals surface area contributed by atoms with Gasteiger partial charge in [-0.2, -0.15) is 0 Å². The number of hydrogen-bond acceptors (Lipinski definition) is 1. The topological polar surface area (TPSA) is 43.1 Å². The van der Waals surface area contributed by atoms with Crippen LogP contribution in [0.25, 0.3) is 0 Å². The van der Waals surface area contributed by atoms with Gasteiger partial charge >= 0.3 is 0 Å². The number of primary amides is 1. The minimum atomic E-state index is -0.686. The average molecular weight is 317 g/mol. The fourth-order valence-electron chi connectivity index (χ4n) is 4.05. The zero-order valence-electron chi connectivity index (χ0n) is 14.4. The lowest BCUT2D eigenvalue weighted by Crippen LogP contribution is -2.50. The van der Waals surface area contributed by atoms with E-state index in [4.69, 9.17) is 5.73 Å². The van der Waals surface area contributed by atoms with E-state index >= 15 is 0 Å². The highest BCUT2D eigenvalue weighted by molar-refractivity contribution is 5.84. The minimum absolute atomic E-state index is 0.0268. The van der Waals surface area contributed by atoms with Crippen LogP contribution in [0.4, 0.5) is 4.39 Å². The Balaban J connectivity index is 2.42. The summed E-state index contributed by atoms with van der Waals surface area (Å²) in [6.45, 7) is 6.61. The number of allylic oxidation sites excluding steroid dienone is 1. The molecule has 23 heavy (non-hydrogen) atoms. The third-order valence-corrected chi connectivity index (χ3v) is 5.34. The molecule has 1 aliphatic rings. The Kier molecular flexibility index (Phi) is 5.28. The number of carbonyl (C=O) groups excluding carboxylic acids is 1. The lowest BCUT2D eigenvalue weighted by atomic mass is 9.55. The third-order valence-electron chi connectivity index (χ3n) is 5.34.